The highest BCUT2D eigenvalue weighted by Crippen LogP contribution is 2.32. The average Bonchev–Trinajstić information content (AvgIpc) is 3.09. The molecule has 1 unspecified atom stereocenters. The maximum absolute atomic E-state index is 12.6. The van der Waals surface area contributed by atoms with Crippen molar-refractivity contribution in [2.45, 2.75) is 39.3 Å². The summed E-state index contributed by atoms with van der Waals surface area (Å²) < 4.78 is 3.84. The van der Waals surface area contributed by atoms with Crippen molar-refractivity contribution in [3.8, 4) is 0 Å². The molecule has 126 valence electrons. The van der Waals surface area contributed by atoms with Gasteiger partial charge in [-0.1, -0.05) is 41.9 Å². The van der Waals surface area contributed by atoms with Crippen molar-refractivity contribution in [1.29, 1.82) is 0 Å². The molecule has 0 aliphatic rings. The smallest absolute Gasteiger partial charge is 0.268 e. The third kappa shape index (κ3) is 3.65. The zero-order valence-electron chi connectivity index (χ0n) is 13.9. The lowest BCUT2D eigenvalue weighted by atomic mass is 10.1. The van der Waals surface area contributed by atoms with Gasteiger partial charge in [0.05, 0.1) is 14.6 Å². The quantitative estimate of drug-likeness (QED) is 0.649. The van der Waals surface area contributed by atoms with Gasteiger partial charge in [-0.2, -0.15) is 0 Å². The van der Waals surface area contributed by atoms with Crippen LogP contribution in [0.15, 0.2) is 42.5 Å². The molecule has 1 aromatic carbocycles. The summed E-state index contributed by atoms with van der Waals surface area (Å²) in [4.78, 5) is 12.6. The van der Waals surface area contributed by atoms with Crippen molar-refractivity contribution in [1.82, 2.24) is 9.88 Å². The minimum atomic E-state index is -0.0167. The highest BCUT2D eigenvalue weighted by molar-refractivity contribution is 7.22. The minimum Gasteiger partial charge on any atom is -0.348 e. The summed E-state index contributed by atoms with van der Waals surface area (Å²) in [5.41, 5.74) is 3.04. The number of nitrogens with one attached hydrogen (secondary N) is 1. The molecule has 3 nitrogen and oxygen atoms in total. The number of aromatic nitrogens is 1. The molecule has 0 fully saturated rings. The number of carbonyl (C=O) groups is 1. The number of rotatable bonds is 6. The van der Waals surface area contributed by atoms with Gasteiger partial charge in [-0.3, -0.25) is 4.79 Å². The van der Waals surface area contributed by atoms with Gasteiger partial charge < -0.3 is 9.88 Å². The molecule has 0 saturated heterocycles. The van der Waals surface area contributed by atoms with Gasteiger partial charge in [-0.25, -0.2) is 0 Å². The molecule has 1 N–H and O–H groups in total. The summed E-state index contributed by atoms with van der Waals surface area (Å²) >= 11 is 7.58. The van der Waals surface area contributed by atoms with E-state index in [0.717, 1.165) is 33.9 Å². The third-order valence-electron chi connectivity index (χ3n) is 4.19. The predicted octanol–water partition coefficient (Wildman–Crippen LogP) is 5.13. The molecule has 0 saturated carbocycles. The second-order valence-corrected chi connectivity index (χ2v) is 7.69. The Bertz CT molecular complexity index is 838. The lowest BCUT2D eigenvalue weighted by molar-refractivity contribution is 0.0929. The van der Waals surface area contributed by atoms with Crippen LogP contribution in [0.3, 0.4) is 0 Å². The van der Waals surface area contributed by atoms with Crippen molar-refractivity contribution in [3.05, 3.63) is 58.1 Å². The van der Waals surface area contributed by atoms with Crippen LogP contribution in [-0.2, 0) is 13.0 Å². The van der Waals surface area contributed by atoms with Gasteiger partial charge >= 0.3 is 0 Å². The van der Waals surface area contributed by atoms with Crippen LogP contribution in [0.1, 0.15) is 36.3 Å². The molecule has 0 aliphatic heterocycles. The maximum Gasteiger partial charge on any atom is 0.268 e. The standard InChI is InChI=1S/C19H21ClN2OS/c1-3-22-15-12-18(20)24-17(15)11-16(22)19(23)21-13(2)9-10-14-7-5-4-6-8-14/h4-8,11-13H,3,9-10H2,1-2H3,(H,21,23). The summed E-state index contributed by atoms with van der Waals surface area (Å²) in [6.07, 6.45) is 1.88. The van der Waals surface area contributed by atoms with Gasteiger partial charge in [-0.15, -0.1) is 11.3 Å². The predicted molar refractivity (Wildman–Crippen MR) is 102 cm³/mol. The molecular weight excluding hydrogens is 340 g/mol. The summed E-state index contributed by atoms with van der Waals surface area (Å²) in [5.74, 6) is -0.0167. The normalized spacial score (nSPS) is 12.5. The summed E-state index contributed by atoms with van der Waals surface area (Å²) in [6, 6.07) is 14.3. The van der Waals surface area contributed by atoms with Gasteiger partial charge in [0.25, 0.3) is 5.91 Å². The Balaban J connectivity index is 1.67. The number of aryl methyl sites for hydroxylation is 2. The van der Waals surface area contributed by atoms with Gasteiger partial charge in [0.15, 0.2) is 0 Å². The SMILES string of the molecule is CCn1c(C(=O)NC(C)CCc2ccccc2)cc2sc(Cl)cc21. The number of halogens is 1. The van der Waals surface area contributed by atoms with E-state index < -0.39 is 0 Å². The summed E-state index contributed by atoms with van der Waals surface area (Å²) in [6.45, 7) is 4.84. The van der Waals surface area contributed by atoms with E-state index >= 15 is 0 Å². The Kier molecular flexibility index (Phi) is 5.27. The number of carbonyl (C=O) groups excluding carboxylic acids is 1. The van der Waals surface area contributed by atoms with Crippen LogP contribution in [0.2, 0.25) is 4.34 Å². The van der Waals surface area contributed by atoms with E-state index in [1.807, 2.05) is 41.8 Å². The van der Waals surface area contributed by atoms with Gasteiger partial charge in [0.2, 0.25) is 0 Å². The lowest BCUT2D eigenvalue weighted by Crippen LogP contribution is -2.34. The third-order valence-corrected chi connectivity index (χ3v) is 5.40. The number of thiophene rings is 1. The largest absolute Gasteiger partial charge is 0.348 e. The average molecular weight is 361 g/mol. The highest BCUT2D eigenvalue weighted by Gasteiger charge is 2.18. The first-order valence-corrected chi connectivity index (χ1v) is 9.41. The molecule has 2 heterocycles. The first-order valence-electron chi connectivity index (χ1n) is 8.22. The molecule has 0 bridgehead atoms. The fourth-order valence-corrected chi connectivity index (χ4v) is 4.12. The first-order chi connectivity index (χ1) is 11.6. The Morgan fingerprint density at radius 3 is 2.75 bits per heavy atom. The lowest BCUT2D eigenvalue weighted by Gasteiger charge is -2.15. The Morgan fingerprint density at radius 1 is 1.29 bits per heavy atom. The van der Waals surface area contributed by atoms with Crippen LogP contribution in [-0.4, -0.2) is 16.5 Å². The number of amides is 1. The van der Waals surface area contributed by atoms with Crippen LogP contribution in [0.4, 0.5) is 0 Å². The van der Waals surface area contributed by atoms with Crippen molar-refractivity contribution in [2.24, 2.45) is 0 Å². The van der Waals surface area contributed by atoms with E-state index in [2.05, 4.69) is 24.4 Å². The topological polar surface area (TPSA) is 34.0 Å². The Morgan fingerprint density at radius 2 is 2.04 bits per heavy atom. The molecular formula is C19H21ClN2OS. The van der Waals surface area contributed by atoms with E-state index in [4.69, 9.17) is 11.6 Å². The number of benzene rings is 1. The molecule has 0 radical (unpaired) electrons. The van der Waals surface area contributed by atoms with Crippen molar-refractivity contribution in [3.63, 3.8) is 0 Å². The number of hydrogen-bond acceptors (Lipinski definition) is 2. The second-order valence-electron chi connectivity index (χ2n) is 5.97. The highest BCUT2D eigenvalue weighted by atomic mass is 35.5. The molecule has 1 atom stereocenters. The van der Waals surface area contributed by atoms with Gasteiger partial charge in [0, 0.05) is 12.6 Å². The monoisotopic (exact) mass is 360 g/mol. The summed E-state index contributed by atoms with van der Waals surface area (Å²) in [7, 11) is 0. The second kappa shape index (κ2) is 7.41. The fourth-order valence-electron chi connectivity index (χ4n) is 2.94. The molecule has 5 heteroatoms. The molecule has 2 aromatic heterocycles. The maximum atomic E-state index is 12.6. The zero-order chi connectivity index (χ0) is 17.1. The first kappa shape index (κ1) is 17.1. The minimum absolute atomic E-state index is 0.0167. The molecule has 3 rings (SSSR count). The molecule has 0 aliphatic carbocycles. The van der Waals surface area contributed by atoms with E-state index in [-0.39, 0.29) is 11.9 Å². The Hall–Kier alpha value is -1.78. The van der Waals surface area contributed by atoms with Gasteiger partial charge in [0.1, 0.15) is 5.69 Å². The summed E-state index contributed by atoms with van der Waals surface area (Å²) in [5, 5.41) is 3.12. The van der Waals surface area contributed by atoms with E-state index in [1.54, 1.807) is 0 Å². The van der Waals surface area contributed by atoms with Crippen LogP contribution in [0, 0.1) is 0 Å². The van der Waals surface area contributed by atoms with Crippen LogP contribution >= 0.6 is 22.9 Å². The Labute approximate surface area is 151 Å². The molecule has 1 amide bonds. The van der Waals surface area contributed by atoms with Crippen molar-refractivity contribution >= 4 is 39.1 Å². The van der Waals surface area contributed by atoms with Gasteiger partial charge in [-0.05, 0) is 44.4 Å². The van der Waals surface area contributed by atoms with E-state index in [1.165, 1.54) is 16.9 Å². The van der Waals surface area contributed by atoms with Crippen LogP contribution < -0.4 is 5.32 Å². The molecule has 24 heavy (non-hydrogen) atoms. The van der Waals surface area contributed by atoms with Crippen molar-refractivity contribution < 1.29 is 4.79 Å². The van der Waals surface area contributed by atoms with E-state index in [9.17, 15) is 4.79 Å². The molecule has 0 spiro atoms. The van der Waals surface area contributed by atoms with Crippen molar-refractivity contribution in [2.75, 3.05) is 0 Å². The van der Waals surface area contributed by atoms with E-state index in [0.29, 0.717) is 5.69 Å². The fraction of sp³-hybridized carbons (Fsp3) is 0.316. The van der Waals surface area contributed by atoms with Crippen LogP contribution in [0.25, 0.3) is 10.2 Å². The van der Waals surface area contributed by atoms with Crippen LogP contribution in [0.5, 0.6) is 0 Å². The number of fused-ring (bicyclic) bond motifs is 1. The number of hydrogen-bond donors (Lipinski definition) is 1. The molecule has 3 aromatic rings. The number of nitrogens with zero attached hydrogens (tertiary/aromatic N) is 1. The zero-order valence-corrected chi connectivity index (χ0v) is 15.5.